The van der Waals surface area contributed by atoms with Gasteiger partial charge in [-0.25, -0.2) is 0 Å². The minimum atomic E-state index is -0.321. The van der Waals surface area contributed by atoms with Crippen molar-refractivity contribution in [2.45, 2.75) is 32.0 Å². The highest BCUT2D eigenvalue weighted by Gasteiger charge is 2.31. The lowest BCUT2D eigenvalue weighted by molar-refractivity contribution is -0.139. The van der Waals surface area contributed by atoms with E-state index in [0.717, 1.165) is 26.2 Å². The van der Waals surface area contributed by atoms with E-state index in [-0.39, 0.29) is 48.9 Å². The predicted octanol–water partition coefficient (Wildman–Crippen LogP) is -0.268. The predicted molar refractivity (Wildman–Crippen MR) is 86.4 cm³/mol. The molecule has 0 aromatic carbocycles. The van der Waals surface area contributed by atoms with Gasteiger partial charge >= 0.3 is 0 Å². The van der Waals surface area contributed by atoms with Gasteiger partial charge in [-0.1, -0.05) is 0 Å². The first-order valence-electron chi connectivity index (χ1n) is 7.10. The second-order valence-corrected chi connectivity index (χ2v) is 5.56. The zero-order chi connectivity index (χ0) is 13.8. The number of carbonyl (C=O) groups excluding carboxylic acids is 1. The van der Waals surface area contributed by atoms with Crippen molar-refractivity contribution < 1.29 is 14.6 Å². The number of hydrogen-bond acceptors (Lipinski definition) is 5. The van der Waals surface area contributed by atoms with Crippen molar-refractivity contribution in [1.29, 1.82) is 0 Å². The summed E-state index contributed by atoms with van der Waals surface area (Å²) in [5.74, 6) is 0.142. The van der Waals surface area contributed by atoms with E-state index in [2.05, 4.69) is 17.1 Å². The number of ether oxygens (including phenoxy) is 1. The summed E-state index contributed by atoms with van der Waals surface area (Å²) in [6.45, 7) is 8.76. The van der Waals surface area contributed by atoms with Crippen LogP contribution in [0, 0.1) is 0 Å². The van der Waals surface area contributed by atoms with E-state index in [0.29, 0.717) is 19.8 Å². The van der Waals surface area contributed by atoms with Crippen molar-refractivity contribution >= 4 is 30.7 Å². The van der Waals surface area contributed by atoms with Crippen LogP contribution in [-0.2, 0) is 9.53 Å². The van der Waals surface area contributed by atoms with Gasteiger partial charge in [-0.05, 0) is 13.8 Å². The van der Waals surface area contributed by atoms with Gasteiger partial charge in [0.15, 0.2) is 0 Å². The van der Waals surface area contributed by atoms with Gasteiger partial charge in [0.05, 0.1) is 19.3 Å². The van der Waals surface area contributed by atoms with Crippen molar-refractivity contribution in [3.8, 4) is 0 Å². The number of piperazine rings is 1. The van der Waals surface area contributed by atoms with Crippen molar-refractivity contribution in [3.05, 3.63) is 0 Å². The highest BCUT2D eigenvalue weighted by atomic mass is 35.5. The molecule has 8 heteroatoms. The molecule has 2 aliphatic rings. The van der Waals surface area contributed by atoms with Gasteiger partial charge in [-0.15, -0.1) is 24.8 Å². The lowest BCUT2D eigenvalue weighted by Gasteiger charge is -2.41. The van der Waals surface area contributed by atoms with Gasteiger partial charge in [0.2, 0.25) is 5.91 Å². The Morgan fingerprint density at radius 2 is 2.14 bits per heavy atom. The lowest BCUT2D eigenvalue weighted by atomic mass is 10.1. The largest absolute Gasteiger partial charge is 0.392 e. The maximum Gasteiger partial charge on any atom is 0.242 e. The maximum atomic E-state index is 12.3. The van der Waals surface area contributed by atoms with E-state index in [4.69, 9.17) is 4.74 Å². The third-order valence-corrected chi connectivity index (χ3v) is 3.80. The first-order chi connectivity index (χ1) is 9.08. The molecule has 2 saturated heterocycles. The highest BCUT2D eigenvalue weighted by Crippen LogP contribution is 2.12. The van der Waals surface area contributed by atoms with Crippen molar-refractivity contribution in [1.82, 2.24) is 15.1 Å². The van der Waals surface area contributed by atoms with Crippen LogP contribution in [0.4, 0.5) is 0 Å². The zero-order valence-electron chi connectivity index (χ0n) is 12.7. The normalized spacial score (nSPS) is 28.2. The van der Waals surface area contributed by atoms with Crippen LogP contribution in [0.3, 0.4) is 0 Å². The molecule has 0 radical (unpaired) electrons. The SMILES string of the molecule is CC(O)CN1CCN(C(=O)C2COCCN2)CC1C.Cl.Cl. The van der Waals surface area contributed by atoms with E-state index in [9.17, 15) is 9.90 Å². The molecule has 21 heavy (non-hydrogen) atoms. The third-order valence-electron chi connectivity index (χ3n) is 3.80. The van der Waals surface area contributed by atoms with E-state index in [1.165, 1.54) is 0 Å². The van der Waals surface area contributed by atoms with Crippen LogP contribution in [0.25, 0.3) is 0 Å². The fourth-order valence-electron chi connectivity index (χ4n) is 2.75. The molecule has 2 fully saturated rings. The summed E-state index contributed by atoms with van der Waals surface area (Å²) in [6, 6.07) is 0.0982. The van der Waals surface area contributed by atoms with Crippen LogP contribution >= 0.6 is 24.8 Å². The second-order valence-electron chi connectivity index (χ2n) is 5.56. The van der Waals surface area contributed by atoms with Gasteiger partial charge in [0, 0.05) is 38.8 Å². The quantitative estimate of drug-likeness (QED) is 0.738. The van der Waals surface area contributed by atoms with Crippen LogP contribution in [0.15, 0.2) is 0 Å². The molecule has 0 bridgehead atoms. The molecule has 0 aromatic rings. The number of aliphatic hydroxyl groups is 1. The van der Waals surface area contributed by atoms with Gasteiger partial charge in [0.25, 0.3) is 0 Å². The Bertz CT molecular complexity index is 315. The van der Waals surface area contributed by atoms with Crippen molar-refractivity contribution in [2.75, 3.05) is 45.9 Å². The summed E-state index contributed by atoms with van der Waals surface area (Å²) in [7, 11) is 0. The van der Waals surface area contributed by atoms with Gasteiger partial charge in [0.1, 0.15) is 6.04 Å². The summed E-state index contributed by atoms with van der Waals surface area (Å²) >= 11 is 0. The second kappa shape index (κ2) is 9.82. The van der Waals surface area contributed by atoms with E-state index in [1.807, 2.05) is 4.90 Å². The number of aliphatic hydroxyl groups excluding tert-OH is 1. The van der Waals surface area contributed by atoms with Crippen molar-refractivity contribution in [2.24, 2.45) is 0 Å². The molecule has 2 rings (SSSR count). The third kappa shape index (κ3) is 5.88. The number of nitrogens with zero attached hydrogens (tertiary/aromatic N) is 2. The molecule has 2 heterocycles. The molecule has 3 atom stereocenters. The van der Waals surface area contributed by atoms with Gasteiger partial charge < -0.3 is 20.1 Å². The molecule has 126 valence electrons. The van der Waals surface area contributed by atoms with Crippen LogP contribution in [0.5, 0.6) is 0 Å². The zero-order valence-corrected chi connectivity index (χ0v) is 14.3. The first-order valence-corrected chi connectivity index (χ1v) is 7.10. The van der Waals surface area contributed by atoms with E-state index in [1.54, 1.807) is 6.92 Å². The molecule has 0 spiro atoms. The number of hydrogen-bond donors (Lipinski definition) is 2. The molecule has 3 unspecified atom stereocenters. The fraction of sp³-hybridized carbons (Fsp3) is 0.923. The minimum absolute atomic E-state index is 0. The van der Waals surface area contributed by atoms with Crippen LogP contribution < -0.4 is 5.32 Å². The van der Waals surface area contributed by atoms with Crippen LogP contribution in [0.2, 0.25) is 0 Å². The van der Waals surface area contributed by atoms with E-state index >= 15 is 0 Å². The van der Waals surface area contributed by atoms with E-state index < -0.39 is 0 Å². The fourth-order valence-corrected chi connectivity index (χ4v) is 2.75. The number of amides is 1. The monoisotopic (exact) mass is 343 g/mol. The number of carbonyl (C=O) groups is 1. The molecule has 2 aliphatic heterocycles. The topological polar surface area (TPSA) is 65.0 Å². The summed E-state index contributed by atoms with van der Waals surface area (Å²) < 4.78 is 5.34. The summed E-state index contributed by atoms with van der Waals surface area (Å²) in [6.07, 6.45) is -0.321. The average Bonchev–Trinajstić information content (AvgIpc) is 2.41. The average molecular weight is 344 g/mol. The highest BCUT2D eigenvalue weighted by molar-refractivity contribution is 5.85. The standard InChI is InChI=1S/C13H25N3O3.2ClH/c1-10-7-16(5-4-15(10)8-11(2)17)13(18)12-9-19-6-3-14-12;;/h10-12,14,17H,3-9H2,1-2H3;2*1H. The Labute approximate surface area is 139 Å². The van der Waals surface area contributed by atoms with Crippen LogP contribution in [0.1, 0.15) is 13.8 Å². The molecular weight excluding hydrogens is 317 g/mol. The smallest absolute Gasteiger partial charge is 0.242 e. The summed E-state index contributed by atoms with van der Waals surface area (Å²) in [5, 5.41) is 12.7. The molecule has 0 saturated carbocycles. The Morgan fingerprint density at radius 1 is 1.43 bits per heavy atom. The maximum absolute atomic E-state index is 12.3. The first kappa shape index (κ1) is 20.9. The Hall–Kier alpha value is -0.110. The summed E-state index contributed by atoms with van der Waals surface area (Å²) in [5.41, 5.74) is 0. The molecule has 0 aromatic heterocycles. The molecule has 2 N–H and O–H groups in total. The minimum Gasteiger partial charge on any atom is -0.392 e. The number of β-amino-alcohol motifs (C(OH)–C–C–N with tert-alkyl or cyclic N) is 1. The number of nitrogens with one attached hydrogen (secondary N) is 1. The molecular formula is C13H27Cl2N3O3. The molecule has 0 aliphatic carbocycles. The van der Waals surface area contributed by atoms with Crippen LogP contribution in [-0.4, -0.2) is 84.9 Å². The lowest BCUT2D eigenvalue weighted by Crippen LogP contribution is -2.60. The van der Waals surface area contributed by atoms with Crippen molar-refractivity contribution in [3.63, 3.8) is 0 Å². The van der Waals surface area contributed by atoms with Gasteiger partial charge in [-0.3, -0.25) is 9.69 Å². The number of morpholine rings is 1. The number of rotatable bonds is 3. The molecule has 6 nitrogen and oxygen atoms in total. The number of halogens is 2. The Balaban J connectivity index is 0.00000200. The summed E-state index contributed by atoms with van der Waals surface area (Å²) in [4.78, 5) is 16.5. The van der Waals surface area contributed by atoms with Gasteiger partial charge in [-0.2, -0.15) is 0 Å². The Morgan fingerprint density at radius 3 is 2.67 bits per heavy atom. The Kier molecular flexibility index (Phi) is 9.76. The molecule has 1 amide bonds.